The van der Waals surface area contributed by atoms with Crippen molar-refractivity contribution in [3.05, 3.63) is 25.3 Å². The number of phosphoric ester groups is 1. The summed E-state index contributed by atoms with van der Waals surface area (Å²) in [5, 5.41) is 11.3. The summed E-state index contributed by atoms with van der Waals surface area (Å²) in [6.07, 6.45) is -9.02. The molecule has 11 atom stereocenters. The Labute approximate surface area is 256 Å². The number of anilines is 2. The molecule has 0 aromatic carbocycles. The second-order valence-corrected chi connectivity index (χ2v) is 14.5. The summed E-state index contributed by atoms with van der Waals surface area (Å²) in [4.78, 5) is 45.9. The summed E-state index contributed by atoms with van der Waals surface area (Å²) < 4.78 is 65.5. The van der Waals surface area contributed by atoms with Gasteiger partial charge in [-0.1, -0.05) is 0 Å². The topological polar surface area (TPSA) is 272 Å². The fourth-order valence-corrected chi connectivity index (χ4v) is 8.08. The highest BCUT2D eigenvalue weighted by Crippen LogP contribution is 2.55. The van der Waals surface area contributed by atoms with Crippen molar-refractivity contribution in [3.8, 4) is 0 Å². The fraction of sp³-hybridized carbons (Fsp3) is 0.524. The maximum absolute atomic E-state index is 16.0. The number of phosphoric acid groups is 1. The number of fused-ring (bicyclic) bond motifs is 4. The first kappa shape index (κ1) is 30.8. The van der Waals surface area contributed by atoms with Gasteiger partial charge in [0.2, 0.25) is 0 Å². The van der Waals surface area contributed by atoms with Crippen LogP contribution in [0.3, 0.4) is 0 Å². The number of halogens is 1. The van der Waals surface area contributed by atoms with Crippen molar-refractivity contribution in [2.75, 3.05) is 18.1 Å². The van der Waals surface area contributed by atoms with Crippen molar-refractivity contribution in [3.63, 3.8) is 0 Å². The van der Waals surface area contributed by atoms with Crippen LogP contribution in [0.1, 0.15) is 19.4 Å². The molecule has 3 fully saturated rings. The summed E-state index contributed by atoms with van der Waals surface area (Å²) in [5.74, 6) is 0.109. The molecule has 0 amide bonds. The summed E-state index contributed by atoms with van der Waals surface area (Å²) in [7, 11) is -5.09. The quantitative estimate of drug-likeness (QED) is 0.171. The maximum atomic E-state index is 16.0. The highest BCUT2D eigenvalue weighted by Gasteiger charge is 2.55. The third kappa shape index (κ3) is 5.39. The van der Waals surface area contributed by atoms with Gasteiger partial charge in [-0.15, -0.1) is 0 Å². The van der Waals surface area contributed by atoms with Gasteiger partial charge in [-0.2, -0.15) is 0 Å². The van der Waals surface area contributed by atoms with Crippen LogP contribution in [0, 0.1) is 0 Å². The van der Waals surface area contributed by atoms with E-state index in [0.717, 1.165) is 6.33 Å². The molecule has 4 aromatic heterocycles. The second kappa shape index (κ2) is 11.1. The van der Waals surface area contributed by atoms with E-state index in [9.17, 15) is 19.5 Å². The molecule has 4 aromatic rings. The van der Waals surface area contributed by atoms with Gasteiger partial charge >= 0.3 is 14.5 Å². The lowest BCUT2D eigenvalue weighted by molar-refractivity contribution is -0.0852. The van der Waals surface area contributed by atoms with E-state index in [1.165, 1.54) is 35.0 Å². The monoisotopic (exact) mass is 690 g/mol. The molecule has 242 valence electrons. The molecule has 7 rings (SSSR count). The Bertz CT molecular complexity index is 1870. The normalized spacial score (nSPS) is 39.4. The minimum Gasteiger partial charge on any atom is -0.386 e. The number of alkyl halides is 1. The van der Waals surface area contributed by atoms with E-state index < -0.39 is 76.4 Å². The third-order valence-electron chi connectivity index (χ3n) is 7.51. The first-order valence-electron chi connectivity index (χ1n) is 13.2. The smallest absolute Gasteiger partial charge is 0.386 e. The predicted octanol–water partition coefficient (Wildman–Crippen LogP) is -0.153. The first-order chi connectivity index (χ1) is 21.3. The zero-order valence-corrected chi connectivity index (χ0v) is 25.4. The SMILES string of the molecule is C[C@@H]1OP(=O)(O)O[C@H]2[C@@H](F)[C@H](n3cnc4c(N)ncnc43)O[C@@H]2COP(O)(=S)O[C@H]2[C@@H](O)[C@H](n3cnc4c(N)ncnc43)O[C@@H]21. The summed E-state index contributed by atoms with van der Waals surface area (Å²) >= 11 is 5.21. The van der Waals surface area contributed by atoms with Gasteiger partial charge in [0.1, 0.15) is 54.2 Å². The number of aliphatic hydroxyl groups is 1. The van der Waals surface area contributed by atoms with E-state index >= 15 is 4.39 Å². The molecule has 7 heterocycles. The zero-order chi connectivity index (χ0) is 31.8. The number of nitrogen functional groups attached to an aromatic ring is 2. The minimum absolute atomic E-state index is 0.0365. The van der Waals surface area contributed by atoms with Gasteiger partial charge in [0.05, 0.1) is 25.4 Å². The highest BCUT2D eigenvalue weighted by molar-refractivity contribution is 8.07. The van der Waals surface area contributed by atoms with E-state index in [4.69, 9.17) is 50.8 Å². The Morgan fingerprint density at radius 1 is 0.889 bits per heavy atom. The van der Waals surface area contributed by atoms with Crippen LogP contribution in [-0.2, 0) is 43.9 Å². The van der Waals surface area contributed by atoms with Gasteiger partial charge in [-0.05, 0) is 18.7 Å². The van der Waals surface area contributed by atoms with Gasteiger partial charge in [-0.3, -0.25) is 22.7 Å². The highest BCUT2D eigenvalue weighted by atomic mass is 32.5. The van der Waals surface area contributed by atoms with Crippen molar-refractivity contribution >= 4 is 60.3 Å². The second-order valence-electron chi connectivity index (χ2n) is 10.3. The lowest BCUT2D eigenvalue weighted by atomic mass is 10.1. The number of imidazole rings is 2. The van der Waals surface area contributed by atoms with E-state index in [0.29, 0.717) is 0 Å². The number of nitrogens with zero attached hydrogens (tertiary/aromatic N) is 8. The molecule has 3 saturated heterocycles. The molecule has 20 nitrogen and oxygen atoms in total. The van der Waals surface area contributed by atoms with Crippen LogP contribution in [0.2, 0.25) is 0 Å². The van der Waals surface area contributed by atoms with E-state index in [-0.39, 0.29) is 34.0 Å². The Morgan fingerprint density at radius 3 is 2.11 bits per heavy atom. The molecule has 0 bridgehead atoms. The number of ether oxygens (including phenoxy) is 2. The van der Waals surface area contributed by atoms with E-state index in [1.807, 2.05) is 0 Å². The third-order valence-corrected chi connectivity index (χ3v) is 10.2. The molecule has 24 heteroatoms. The molecule has 7 N–H and O–H groups in total. The zero-order valence-electron chi connectivity index (χ0n) is 22.8. The average molecular weight is 691 g/mol. The molecule has 0 spiro atoms. The molecule has 45 heavy (non-hydrogen) atoms. The van der Waals surface area contributed by atoms with Crippen molar-refractivity contribution in [2.24, 2.45) is 0 Å². The van der Waals surface area contributed by atoms with Gasteiger partial charge in [-0.25, -0.2) is 38.9 Å². The van der Waals surface area contributed by atoms with Crippen LogP contribution >= 0.6 is 14.5 Å². The molecular formula is C21H25FN10O10P2S. The van der Waals surface area contributed by atoms with Crippen LogP contribution < -0.4 is 11.5 Å². The van der Waals surface area contributed by atoms with Crippen molar-refractivity contribution in [1.82, 2.24) is 39.0 Å². The summed E-state index contributed by atoms with van der Waals surface area (Å²) in [6.45, 7) is -3.57. The Morgan fingerprint density at radius 2 is 1.49 bits per heavy atom. The molecule has 3 aliphatic rings. The first-order valence-corrected chi connectivity index (χ1v) is 17.3. The average Bonchev–Trinajstić information content (AvgIpc) is 3.73. The minimum atomic E-state index is -5.09. The molecular weight excluding hydrogens is 665 g/mol. The van der Waals surface area contributed by atoms with Crippen LogP contribution in [0.4, 0.5) is 16.0 Å². The van der Waals surface area contributed by atoms with Crippen LogP contribution in [0.5, 0.6) is 0 Å². The molecule has 0 saturated carbocycles. The number of hydrogen-bond acceptors (Lipinski definition) is 17. The van der Waals surface area contributed by atoms with Crippen molar-refractivity contribution in [2.45, 2.75) is 62.2 Å². The molecule has 0 radical (unpaired) electrons. The molecule has 0 aliphatic carbocycles. The van der Waals surface area contributed by atoms with Gasteiger partial charge in [0.15, 0.2) is 41.6 Å². The standard InChI is InChI=1S/C21H25FN10O10P2S/c1-7-13-15(12(33)21(39-13)32-6-30-11-17(24)26-4-28-19(11)32)42-44(36,45)37-2-8-14(41-43(34,35)40-7)9(22)20(38-8)31-5-29-10-16(23)25-3-27-18(10)31/h3-9,12-15,20-21,33H,2H2,1H3,(H,34,35)(H,36,45)(H2,23,25,27)(H2,24,26,28)/t7-,8+,9+,12+,13+,14+,15-,20+,21+,44?/m0/s1. The Hall–Kier alpha value is -2.85. The fourth-order valence-electron chi connectivity index (χ4n) is 5.50. The van der Waals surface area contributed by atoms with Gasteiger partial charge < -0.3 is 40.4 Å². The lowest BCUT2D eigenvalue weighted by Gasteiger charge is -2.31. The summed E-state index contributed by atoms with van der Waals surface area (Å²) in [5.41, 5.74) is 12.4. The van der Waals surface area contributed by atoms with Crippen LogP contribution in [0.15, 0.2) is 25.3 Å². The largest absolute Gasteiger partial charge is 0.473 e. The van der Waals surface area contributed by atoms with Crippen molar-refractivity contribution in [1.29, 1.82) is 0 Å². The maximum Gasteiger partial charge on any atom is 0.473 e. The Balaban J connectivity index is 1.19. The van der Waals surface area contributed by atoms with E-state index in [2.05, 4.69) is 29.9 Å². The number of nitrogens with two attached hydrogens (primary N) is 2. The lowest BCUT2D eigenvalue weighted by Crippen LogP contribution is -2.41. The molecule has 3 aliphatic heterocycles. The van der Waals surface area contributed by atoms with Crippen LogP contribution in [-0.4, -0.2) is 103 Å². The van der Waals surface area contributed by atoms with E-state index in [1.54, 1.807) is 0 Å². The van der Waals surface area contributed by atoms with Crippen molar-refractivity contribution < 1.29 is 51.4 Å². The van der Waals surface area contributed by atoms with Gasteiger partial charge in [0.25, 0.3) is 0 Å². The van der Waals surface area contributed by atoms with Crippen LogP contribution in [0.25, 0.3) is 22.3 Å². The number of hydrogen-bond donors (Lipinski definition) is 5. The number of rotatable bonds is 2. The summed E-state index contributed by atoms with van der Waals surface area (Å²) in [6, 6.07) is 0. The van der Waals surface area contributed by atoms with Gasteiger partial charge in [0, 0.05) is 0 Å². The number of aliphatic hydroxyl groups excluding tert-OH is 1. The Kier molecular flexibility index (Phi) is 7.62. The predicted molar refractivity (Wildman–Crippen MR) is 151 cm³/mol. The molecule has 2 unspecified atom stereocenters. The number of aromatic nitrogens is 8.